The highest BCUT2D eigenvalue weighted by Crippen LogP contribution is 2.29. The van der Waals surface area contributed by atoms with Gasteiger partial charge in [0, 0.05) is 13.0 Å². The summed E-state index contributed by atoms with van der Waals surface area (Å²) in [6.45, 7) is 6.39. The molecule has 1 N–H and O–H groups in total. The van der Waals surface area contributed by atoms with Gasteiger partial charge < -0.3 is 24.1 Å². The Morgan fingerprint density at radius 3 is 1.80 bits per heavy atom. The molecule has 0 aromatic rings. The summed E-state index contributed by atoms with van der Waals surface area (Å²) in [6, 6.07) is 0. The second-order valence-electron chi connectivity index (χ2n) is 4.30. The van der Waals surface area contributed by atoms with Gasteiger partial charge in [-0.2, -0.15) is 0 Å². The molecular formula is C13H18O7. The number of hydrogen-bond acceptors (Lipinski definition) is 7. The molecule has 0 amide bonds. The molecule has 0 saturated heterocycles. The van der Waals surface area contributed by atoms with Gasteiger partial charge in [-0.15, -0.1) is 0 Å². The lowest BCUT2D eigenvalue weighted by atomic mass is 9.85. The Hall–Kier alpha value is -2.02. The Kier molecular flexibility index (Phi) is 6.58. The second kappa shape index (κ2) is 8.21. The maximum atomic E-state index is 11.2. The zero-order chi connectivity index (χ0) is 15.0. The van der Waals surface area contributed by atoms with Gasteiger partial charge in [0.2, 0.25) is 0 Å². The third kappa shape index (κ3) is 5.31. The van der Waals surface area contributed by atoms with E-state index >= 15 is 0 Å². The minimum atomic E-state index is -0.879. The minimum Gasteiger partial charge on any atom is -0.431 e. The number of carbonyl (C=O) groups excluding carboxylic acids is 2. The van der Waals surface area contributed by atoms with Gasteiger partial charge in [-0.05, 0) is 18.8 Å². The summed E-state index contributed by atoms with van der Waals surface area (Å²) < 4.78 is 19.0. The molecule has 20 heavy (non-hydrogen) atoms. The van der Waals surface area contributed by atoms with Crippen molar-refractivity contribution in [2.75, 3.05) is 6.61 Å². The van der Waals surface area contributed by atoms with Crippen LogP contribution in [-0.2, 0) is 18.9 Å². The minimum absolute atomic E-state index is 0.0905. The van der Waals surface area contributed by atoms with E-state index in [-0.39, 0.29) is 12.5 Å². The van der Waals surface area contributed by atoms with Crippen molar-refractivity contribution in [3.8, 4) is 0 Å². The monoisotopic (exact) mass is 286 g/mol. The largest absolute Gasteiger partial charge is 0.513 e. The fourth-order valence-electron chi connectivity index (χ4n) is 2.13. The lowest BCUT2D eigenvalue weighted by molar-refractivity contribution is -0.0430. The van der Waals surface area contributed by atoms with Crippen molar-refractivity contribution in [3.05, 3.63) is 25.7 Å². The van der Waals surface area contributed by atoms with E-state index in [1.807, 2.05) is 0 Å². The lowest BCUT2D eigenvalue weighted by Crippen LogP contribution is -2.36. The zero-order valence-corrected chi connectivity index (χ0v) is 11.0. The molecule has 0 radical (unpaired) electrons. The summed E-state index contributed by atoms with van der Waals surface area (Å²) in [6.07, 6.45) is 0.415. The molecule has 2 atom stereocenters. The van der Waals surface area contributed by atoms with E-state index < -0.39 is 24.5 Å². The standard InChI is InChI=1S/C13H18O7/c1-3-17-12(15)19-10-5-9(8-14)6-11(7-10)20-13(16)18-4-2/h3-4,9-11,14H,1-2,5-8H2. The van der Waals surface area contributed by atoms with E-state index in [4.69, 9.17) is 9.47 Å². The molecule has 0 heterocycles. The van der Waals surface area contributed by atoms with Gasteiger partial charge in [-0.25, -0.2) is 9.59 Å². The van der Waals surface area contributed by atoms with Gasteiger partial charge in [0.1, 0.15) is 12.2 Å². The topological polar surface area (TPSA) is 91.3 Å². The highest BCUT2D eigenvalue weighted by atomic mass is 16.7. The lowest BCUT2D eigenvalue weighted by Gasteiger charge is -2.32. The van der Waals surface area contributed by atoms with Crippen LogP contribution < -0.4 is 0 Å². The predicted molar refractivity (Wildman–Crippen MR) is 67.5 cm³/mol. The van der Waals surface area contributed by atoms with Crippen LogP contribution in [0.5, 0.6) is 0 Å². The quantitative estimate of drug-likeness (QED) is 0.611. The first kappa shape index (κ1) is 16.0. The summed E-state index contributed by atoms with van der Waals surface area (Å²) in [5.74, 6) is -0.133. The van der Waals surface area contributed by atoms with Crippen molar-refractivity contribution >= 4 is 12.3 Å². The molecular weight excluding hydrogens is 268 g/mol. The molecule has 0 spiro atoms. The third-order valence-corrected chi connectivity index (χ3v) is 2.86. The van der Waals surface area contributed by atoms with Crippen LogP contribution in [0.4, 0.5) is 9.59 Å². The van der Waals surface area contributed by atoms with E-state index in [0.29, 0.717) is 19.3 Å². The smallest absolute Gasteiger partial charge is 0.431 e. The van der Waals surface area contributed by atoms with Crippen LogP contribution in [-0.4, -0.2) is 36.2 Å². The molecule has 1 rings (SSSR count). The second-order valence-corrected chi connectivity index (χ2v) is 4.30. The predicted octanol–water partition coefficient (Wildman–Crippen LogP) is 2.11. The summed E-state index contributed by atoms with van der Waals surface area (Å²) in [5.41, 5.74) is 0. The van der Waals surface area contributed by atoms with Crippen LogP contribution in [0.2, 0.25) is 0 Å². The Morgan fingerprint density at radius 2 is 1.45 bits per heavy atom. The molecule has 1 fully saturated rings. The summed E-state index contributed by atoms with van der Waals surface area (Å²) >= 11 is 0. The van der Waals surface area contributed by atoms with Gasteiger partial charge in [0.15, 0.2) is 0 Å². The van der Waals surface area contributed by atoms with Gasteiger partial charge in [-0.1, -0.05) is 13.2 Å². The number of ether oxygens (including phenoxy) is 4. The van der Waals surface area contributed by atoms with E-state index in [1.165, 1.54) is 0 Å². The molecule has 1 saturated carbocycles. The van der Waals surface area contributed by atoms with Crippen molar-refractivity contribution in [2.24, 2.45) is 5.92 Å². The van der Waals surface area contributed by atoms with Crippen LogP contribution in [0.25, 0.3) is 0 Å². The zero-order valence-electron chi connectivity index (χ0n) is 11.0. The average molecular weight is 286 g/mol. The molecule has 1 aliphatic carbocycles. The molecule has 2 unspecified atom stereocenters. The Balaban J connectivity index is 2.54. The van der Waals surface area contributed by atoms with Crippen molar-refractivity contribution < 1.29 is 33.6 Å². The van der Waals surface area contributed by atoms with Gasteiger partial charge in [-0.3, -0.25) is 0 Å². The normalized spacial score (nSPS) is 25.1. The first-order chi connectivity index (χ1) is 9.58. The molecule has 7 heteroatoms. The Morgan fingerprint density at radius 1 is 1.00 bits per heavy atom. The van der Waals surface area contributed by atoms with Crippen molar-refractivity contribution in [1.29, 1.82) is 0 Å². The van der Waals surface area contributed by atoms with E-state index in [9.17, 15) is 14.7 Å². The molecule has 7 nitrogen and oxygen atoms in total. The van der Waals surface area contributed by atoms with Crippen LogP contribution in [0.15, 0.2) is 25.7 Å². The molecule has 0 aliphatic heterocycles. The van der Waals surface area contributed by atoms with Gasteiger partial charge in [0.25, 0.3) is 0 Å². The highest BCUT2D eigenvalue weighted by Gasteiger charge is 2.33. The highest BCUT2D eigenvalue weighted by molar-refractivity contribution is 5.61. The summed E-state index contributed by atoms with van der Waals surface area (Å²) in [7, 11) is 0. The average Bonchev–Trinajstić information content (AvgIpc) is 2.38. The Bertz CT molecular complexity index is 334. The van der Waals surface area contributed by atoms with E-state index in [0.717, 1.165) is 12.5 Å². The number of carbonyl (C=O) groups is 2. The fourth-order valence-corrected chi connectivity index (χ4v) is 2.13. The first-order valence-corrected chi connectivity index (χ1v) is 6.16. The molecule has 0 aromatic heterocycles. The van der Waals surface area contributed by atoms with Crippen molar-refractivity contribution in [1.82, 2.24) is 0 Å². The molecule has 0 aromatic carbocycles. The maximum Gasteiger partial charge on any atom is 0.513 e. The van der Waals surface area contributed by atoms with Crippen molar-refractivity contribution in [3.63, 3.8) is 0 Å². The van der Waals surface area contributed by atoms with E-state index in [1.54, 1.807) is 0 Å². The van der Waals surface area contributed by atoms with Gasteiger partial charge in [0.05, 0.1) is 12.5 Å². The maximum absolute atomic E-state index is 11.2. The van der Waals surface area contributed by atoms with E-state index in [2.05, 4.69) is 22.6 Å². The van der Waals surface area contributed by atoms with Crippen LogP contribution in [0.1, 0.15) is 19.3 Å². The third-order valence-electron chi connectivity index (χ3n) is 2.86. The summed E-state index contributed by atoms with van der Waals surface area (Å²) in [4.78, 5) is 22.4. The SMILES string of the molecule is C=COC(=O)OC1CC(CO)CC(OC(=O)OC=C)C1. The fraction of sp³-hybridized carbons (Fsp3) is 0.538. The summed E-state index contributed by atoms with van der Waals surface area (Å²) in [5, 5.41) is 9.23. The molecule has 1 aliphatic rings. The van der Waals surface area contributed by atoms with Crippen LogP contribution in [0, 0.1) is 5.92 Å². The van der Waals surface area contributed by atoms with Gasteiger partial charge >= 0.3 is 12.3 Å². The number of aliphatic hydroxyl groups excluding tert-OH is 1. The first-order valence-electron chi connectivity index (χ1n) is 6.16. The number of rotatable bonds is 5. The van der Waals surface area contributed by atoms with Crippen LogP contribution in [0.3, 0.4) is 0 Å². The Labute approximate surface area is 116 Å². The van der Waals surface area contributed by atoms with Crippen molar-refractivity contribution in [2.45, 2.75) is 31.5 Å². The van der Waals surface area contributed by atoms with Crippen LogP contribution >= 0.6 is 0 Å². The number of hydrogen-bond donors (Lipinski definition) is 1. The molecule has 0 bridgehead atoms. The number of aliphatic hydroxyl groups is 1. The molecule has 112 valence electrons.